The molecule has 2 saturated heterocycles. The van der Waals surface area contributed by atoms with Gasteiger partial charge in [0.1, 0.15) is 6.33 Å². The Labute approximate surface area is 140 Å². The molecule has 24 heavy (non-hydrogen) atoms. The van der Waals surface area contributed by atoms with Crippen LogP contribution in [0.25, 0.3) is 0 Å². The van der Waals surface area contributed by atoms with Gasteiger partial charge in [-0.15, -0.1) is 5.10 Å². The number of aromatic nitrogens is 3. The van der Waals surface area contributed by atoms with Crippen molar-refractivity contribution >= 4 is 17.7 Å². The first-order chi connectivity index (χ1) is 11.4. The van der Waals surface area contributed by atoms with Crippen molar-refractivity contribution in [1.29, 1.82) is 0 Å². The molecule has 0 radical (unpaired) electrons. The molecule has 9 heteroatoms. The highest BCUT2D eigenvalue weighted by Gasteiger charge is 2.45. The Morgan fingerprint density at radius 2 is 2.08 bits per heavy atom. The van der Waals surface area contributed by atoms with Crippen LogP contribution in [0.3, 0.4) is 0 Å². The Bertz CT molecular complexity index is 670. The van der Waals surface area contributed by atoms with Gasteiger partial charge in [0.15, 0.2) is 0 Å². The zero-order chi connectivity index (χ0) is 17.4. The molecule has 2 atom stereocenters. The van der Waals surface area contributed by atoms with Crippen molar-refractivity contribution in [2.45, 2.75) is 6.42 Å². The van der Waals surface area contributed by atoms with Gasteiger partial charge in [-0.25, -0.2) is 4.98 Å². The van der Waals surface area contributed by atoms with Gasteiger partial charge in [-0.05, 0) is 12.3 Å². The number of fused-ring (bicyclic) bond motifs is 1. The van der Waals surface area contributed by atoms with Crippen LogP contribution in [-0.2, 0) is 16.6 Å². The summed E-state index contributed by atoms with van der Waals surface area (Å²) in [7, 11) is 5.06. The highest BCUT2D eigenvalue weighted by molar-refractivity contribution is 5.92. The third-order valence-electron chi connectivity index (χ3n) is 4.74. The summed E-state index contributed by atoms with van der Waals surface area (Å²) in [5.41, 5.74) is 0. The first-order valence-electron chi connectivity index (χ1n) is 8.00. The standard InChI is InChI=1S/C15H22N6O3/c1-18(2)12(22)8-20-5-4-10-6-21(7-11(10)14(20)23)15(24)13-16-9-19(3)17-13/h9-11H,4-8H2,1-3H3. The van der Waals surface area contributed by atoms with Gasteiger partial charge >= 0.3 is 0 Å². The average molecular weight is 334 g/mol. The molecule has 0 bridgehead atoms. The number of carbonyl (C=O) groups excluding carboxylic acids is 3. The van der Waals surface area contributed by atoms with E-state index < -0.39 is 0 Å². The van der Waals surface area contributed by atoms with Crippen LogP contribution in [0.5, 0.6) is 0 Å². The maximum absolute atomic E-state index is 12.7. The summed E-state index contributed by atoms with van der Waals surface area (Å²) >= 11 is 0. The molecule has 2 unspecified atom stereocenters. The molecule has 0 spiro atoms. The Balaban J connectivity index is 1.66. The lowest BCUT2D eigenvalue weighted by atomic mass is 9.88. The van der Waals surface area contributed by atoms with Crippen molar-refractivity contribution in [3.05, 3.63) is 12.2 Å². The Hall–Kier alpha value is -2.45. The zero-order valence-corrected chi connectivity index (χ0v) is 14.2. The molecule has 2 aliphatic heterocycles. The SMILES string of the molecule is CN(C)C(=O)CN1CCC2CN(C(=O)c3ncn(C)n3)CC2C1=O. The normalized spacial score (nSPS) is 23.4. The number of piperidine rings is 1. The van der Waals surface area contributed by atoms with Crippen molar-refractivity contribution < 1.29 is 14.4 Å². The van der Waals surface area contributed by atoms with Gasteiger partial charge in [0, 0.05) is 40.8 Å². The molecule has 3 rings (SSSR count). The van der Waals surface area contributed by atoms with E-state index in [2.05, 4.69) is 10.1 Å². The van der Waals surface area contributed by atoms with Gasteiger partial charge in [0.2, 0.25) is 17.6 Å². The Kier molecular flexibility index (Phi) is 4.25. The third-order valence-corrected chi connectivity index (χ3v) is 4.74. The minimum Gasteiger partial charge on any atom is -0.347 e. The number of likely N-dealkylation sites (tertiary alicyclic amines) is 2. The van der Waals surface area contributed by atoms with Gasteiger partial charge in [0.25, 0.3) is 5.91 Å². The molecule has 2 aliphatic rings. The van der Waals surface area contributed by atoms with E-state index in [-0.39, 0.29) is 41.9 Å². The second kappa shape index (κ2) is 6.21. The number of rotatable bonds is 3. The summed E-state index contributed by atoms with van der Waals surface area (Å²) in [6.07, 6.45) is 2.28. The monoisotopic (exact) mass is 334 g/mol. The van der Waals surface area contributed by atoms with Gasteiger partial charge in [-0.2, -0.15) is 0 Å². The van der Waals surface area contributed by atoms with Gasteiger partial charge in [-0.1, -0.05) is 0 Å². The second-order valence-corrected chi connectivity index (χ2v) is 6.66. The highest BCUT2D eigenvalue weighted by atomic mass is 16.2. The van der Waals surface area contributed by atoms with Crippen LogP contribution in [0, 0.1) is 11.8 Å². The predicted molar refractivity (Wildman–Crippen MR) is 83.8 cm³/mol. The minimum absolute atomic E-state index is 0.0364. The van der Waals surface area contributed by atoms with Crippen LogP contribution in [0.2, 0.25) is 0 Å². The Morgan fingerprint density at radius 1 is 1.33 bits per heavy atom. The lowest BCUT2D eigenvalue weighted by Crippen LogP contribution is -2.49. The first kappa shape index (κ1) is 16.4. The largest absolute Gasteiger partial charge is 0.347 e. The summed E-state index contributed by atoms with van der Waals surface area (Å²) in [5.74, 6) is -0.301. The van der Waals surface area contributed by atoms with Gasteiger partial charge < -0.3 is 14.7 Å². The topological polar surface area (TPSA) is 91.6 Å². The van der Waals surface area contributed by atoms with E-state index >= 15 is 0 Å². The molecular weight excluding hydrogens is 312 g/mol. The lowest BCUT2D eigenvalue weighted by Gasteiger charge is -2.33. The van der Waals surface area contributed by atoms with Crippen LogP contribution in [-0.4, -0.2) is 87.5 Å². The minimum atomic E-state index is -0.242. The molecule has 1 aromatic heterocycles. The molecule has 0 aromatic carbocycles. The lowest BCUT2D eigenvalue weighted by molar-refractivity contribution is -0.145. The number of likely N-dealkylation sites (N-methyl/N-ethyl adjacent to an activating group) is 1. The molecule has 130 valence electrons. The summed E-state index contributed by atoms with van der Waals surface area (Å²) < 4.78 is 1.48. The van der Waals surface area contributed by atoms with Crippen molar-refractivity contribution in [3.63, 3.8) is 0 Å². The number of aryl methyl sites for hydroxylation is 1. The van der Waals surface area contributed by atoms with Crippen molar-refractivity contribution in [3.8, 4) is 0 Å². The molecule has 0 N–H and O–H groups in total. The summed E-state index contributed by atoms with van der Waals surface area (Å²) in [6.45, 7) is 1.57. The molecule has 3 heterocycles. The quantitative estimate of drug-likeness (QED) is 0.694. The first-order valence-corrected chi connectivity index (χ1v) is 8.00. The number of amides is 3. The highest BCUT2D eigenvalue weighted by Crippen LogP contribution is 2.32. The fraction of sp³-hybridized carbons (Fsp3) is 0.667. The van der Waals surface area contributed by atoms with E-state index in [1.165, 1.54) is 15.9 Å². The van der Waals surface area contributed by atoms with Crippen LogP contribution in [0.15, 0.2) is 6.33 Å². The molecule has 9 nitrogen and oxygen atoms in total. The third kappa shape index (κ3) is 2.98. The smallest absolute Gasteiger partial charge is 0.293 e. The molecule has 0 saturated carbocycles. The number of hydrogen-bond acceptors (Lipinski definition) is 5. The van der Waals surface area contributed by atoms with Crippen LogP contribution in [0.1, 0.15) is 17.0 Å². The Morgan fingerprint density at radius 3 is 2.71 bits per heavy atom. The van der Waals surface area contributed by atoms with Crippen molar-refractivity contribution in [2.24, 2.45) is 18.9 Å². The second-order valence-electron chi connectivity index (χ2n) is 6.66. The maximum atomic E-state index is 12.7. The maximum Gasteiger partial charge on any atom is 0.293 e. The van der Waals surface area contributed by atoms with E-state index in [0.717, 1.165) is 6.42 Å². The van der Waals surface area contributed by atoms with Gasteiger partial charge in [-0.3, -0.25) is 19.1 Å². The summed E-state index contributed by atoms with van der Waals surface area (Å²) in [6, 6.07) is 0. The van der Waals surface area contributed by atoms with Crippen LogP contribution in [0.4, 0.5) is 0 Å². The fourth-order valence-electron chi connectivity index (χ4n) is 3.32. The number of nitrogens with zero attached hydrogens (tertiary/aromatic N) is 6. The molecule has 3 amide bonds. The van der Waals surface area contributed by atoms with E-state index in [1.807, 2.05) is 0 Å². The van der Waals surface area contributed by atoms with Crippen molar-refractivity contribution in [1.82, 2.24) is 29.5 Å². The predicted octanol–water partition coefficient (Wildman–Crippen LogP) is -1.18. The summed E-state index contributed by atoms with van der Waals surface area (Å²) in [4.78, 5) is 45.7. The van der Waals surface area contributed by atoms with E-state index in [4.69, 9.17) is 0 Å². The van der Waals surface area contributed by atoms with Crippen LogP contribution < -0.4 is 0 Å². The van der Waals surface area contributed by atoms with E-state index in [9.17, 15) is 14.4 Å². The average Bonchev–Trinajstić information content (AvgIpc) is 3.16. The van der Waals surface area contributed by atoms with Crippen molar-refractivity contribution in [2.75, 3.05) is 40.3 Å². The van der Waals surface area contributed by atoms with Gasteiger partial charge in [0.05, 0.1) is 12.5 Å². The molecular formula is C15H22N6O3. The summed E-state index contributed by atoms with van der Waals surface area (Å²) in [5, 5.41) is 4.03. The molecule has 2 fully saturated rings. The zero-order valence-electron chi connectivity index (χ0n) is 14.2. The molecule has 1 aromatic rings. The fourth-order valence-corrected chi connectivity index (χ4v) is 3.32. The van der Waals surface area contributed by atoms with E-state index in [1.54, 1.807) is 30.9 Å². The molecule has 0 aliphatic carbocycles. The number of hydrogen-bond donors (Lipinski definition) is 0. The van der Waals surface area contributed by atoms with Crippen LogP contribution >= 0.6 is 0 Å². The number of carbonyl (C=O) groups is 3. The van der Waals surface area contributed by atoms with E-state index in [0.29, 0.717) is 19.6 Å².